The number of benzene rings is 1. The van der Waals surface area contributed by atoms with Crippen molar-refractivity contribution in [2.24, 2.45) is 0 Å². The molecule has 0 aliphatic heterocycles. The summed E-state index contributed by atoms with van der Waals surface area (Å²) in [6.45, 7) is 6.19. The van der Waals surface area contributed by atoms with Crippen LogP contribution in [0.15, 0.2) is 55.0 Å². The maximum atomic E-state index is 9.59. The number of imidazole rings is 1. The molecule has 4 aromatic rings. The minimum atomic E-state index is -0.117. The van der Waals surface area contributed by atoms with E-state index in [2.05, 4.69) is 44.4 Å². The number of fused-ring (bicyclic) bond motifs is 1. The maximum Gasteiger partial charge on any atom is 0.227 e. The summed E-state index contributed by atoms with van der Waals surface area (Å²) in [6, 6.07) is 14.0. The Bertz CT molecular complexity index is 1150. The number of rotatable bonds is 8. The van der Waals surface area contributed by atoms with Crippen molar-refractivity contribution in [3.8, 4) is 11.3 Å². The lowest BCUT2D eigenvalue weighted by atomic mass is 10.1. The van der Waals surface area contributed by atoms with Gasteiger partial charge in [0.1, 0.15) is 0 Å². The molecule has 0 saturated carbocycles. The number of aliphatic hydroxyl groups is 1. The summed E-state index contributed by atoms with van der Waals surface area (Å²) in [4.78, 5) is 18.3. The van der Waals surface area contributed by atoms with E-state index < -0.39 is 0 Å². The lowest BCUT2D eigenvalue weighted by molar-refractivity contribution is 0.271. The molecule has 0 radical (unpaired) electrons. The largest absolute Gasteiger partial charge is 0.394 e. The minimum absolute atomic E-state index is 0.0101. The van der Waals surface area contributed by atoms with Crippen LogP contribution in [0.4, 0.5) is 17.5 Å². The third kappa shape index (κ3) is 4.49. The molecule has 3 aromatic heterocycles. The fraction of sp³-hybridized carbons (Fsp3) is 0.304. The zero-order chi connectivity index (χ0) is 21.8. The molecule has 0 bridgehead atoms. The van der Waals surface area contributed by atoms with E-state index in [1.54, 1.807) is 12.5 Å². The molecule has 3 N–H and O–H groups in total. The van der Waals surface area contributed by atoms with Crippen LogP contribution in [0.5, 0.6) is 0 Å². The predicted octanol–water partition coefficient (Wildman–Crippen LogP) is 4.40. The van der Waals surface area contributed by atoms with Gasteiger partial charge in [0, 0.05) is 23.5 Å². The highest BCUT2D eigenvalue weighted by Gasteiger charge is 2.17. The molecule has 0 spiro atoms. The van der Waals surface area contributed by atoms with E-state index in [0.717, 1.165) is 29.0 Å². The number of hydrogen-bond acceptors (Lipinski definition) is 7. The average Bonchev–Trinajstić information content (AvgIpc) is 3.23. The van der Waals surface area contributed by atoms with Gasteiger partial charge in [0.05, 0.1) is 24.7 Å². The molecule has 160 valence electrons. The van der Waals surface area contributed by atoms with Gasteiger partial charge in [-0.05, 0) is 44.5 Å². The van der Waals surface area contributed by atoms with Crippen molar-refractivity contribution in [1.82, 2.24) is 24.5 Å². The molecule has 0 saturated heterocycles. The predicted molar refractivity (Wildman–Crippen MR) is 123 cm³/mol. The molecule has 3 heterocycles. The number of anilines is 3. The Kier molecular flexibility index (Phi) is 6.08. The van der Waals surface area contributed by atoms with Crippen LogP contribution in [0, 0.1) is 0 Å². The van der Waals surface area contributed by atoms with Gasteiger partial charge in [-0.2, -0.15) is 9.97 Å². The van der Waals surface area contributed by atoms with Crippen LogP contribution in [0.25, 0.3) is 22.4 Å². The number of hydrogen-bond donors (Lipinski definition) is 3. The van der Waals surface area contributed by atoms with Crippen LogP contribution < -0.4 is 10.6 Å². The van der Waals surface area contributed by atoms with Crippen molar-refractivity contribution < 1.29 is 5.11 Å². The summed E-state index contributed by atoms with van der Waals surface area (Å²) < 4.78 is 2.01. The van der Waals surface area contributed by atoms with Crippen molar-refractivity contribution in [3.05, 3.63) is 55.0 Å². The van der Waals surface area contributed by atoms with Crippen LogP contribution in [-0.4, -0.2) is 42.3 Å². The summed E-state index contributed by atoms with van der Waals surface area (Å²) in [5.74, 6) is 1.07. The Morgan fingerprint density at radius 3 is 2.65 bits per heavy atom. The molecule has 1 atom stereocenters. The van der Waals surface area contributed by atoms with Crippen molar-refractivity contribution in [1.29, 1.82) is 0 Å². The summed E-state index contributed by atoms with van der Waals surface area (Å²) in [6.07, 6.45) is 4.33. The molecule has 31 heavy (non-hydrogen) atoms. The van der Waals surface area contributed by atoms with Gasteiger partial charge in [-0.25, -0.2) is 4.98 Å². The number of pyridine rings is 1. The summed E-state index contributed by atoms with van der Waals surface area (Å²) in [5, 5.41) is 16.2. The van der Waals surface area contributed by atoms with Gasteiger partial charge >= 0.3 is 0 Å². The van der Waals surface area contributed by atoms with Gasteiger partial charge in [0.15, 0.2) is 17.0 Å². The molecule has 1 aromatic carbocycles. The standard InChI is InChI=1S/C23H27N7O/c1-4-17(13-31)27-23-28-21(20-22(29-23)30(14-25-20)15(2)3)26-18-9-7-8-16(12-18)19-10-5-6-11-24-19/h5-12,14-15,17,31H,4,13H2,1-3H3,(H2,26,27,28,29)/t17-/m1/s1. The number of nitrogens with one attached hydrogen (secondary N) is 2. The molecule has 0 fully saturated rings. The van der Waals surface area contributed by atoms with Crippen molar-refractivity contribution >= 4 is 28.6 Å². The topological polar surface area (TPSA) is 101 Å². The SMILES string of the molecule is CC[C@H](CO)Nc1nc(Nc2cccc(-c3ccccn3)c2)c2ncn(C(C)C)c2n1. The van der Waals surface area contributed by atoms with E-state index >= 15 is 0 Å². The van der Waals surface area contributed by atoms with E-state index in [1.165, 1.54) is 0 Å². The molecule has 0 unspecified atom stereocenters. The van der Waals surface area contributed by atoms with E-state index in [9.17, 15) is 5.11 Å². The second kappa shape index (κ2) is 9.09. The van der Waals surface area contributed by atoms with E-state index in [-0.39, 0.29) is 18.7 Å². The normalized spacial score (nSPS) is 12.3. The number of nitrogens with zero attached hydrogens (tertiary/aromatic N) is 5. The van der Waals surface area contributed by atoms with Gasteiger partial charge in [0.2, 0.25) is 5.95 Å². The van der Waals surface area contributed by atoms with Crippen LogP contribution in [0.1, 0.15) is 33.2 Å². The molecule has 0 aliphatic carbocycles. The zero-order valence-corrected chi connectivity index (χ0v) is 17.9. The van der Waals surface area contributed by atoms with E-state index in [0.29, 0.717) is 17.3 Å². The van der Waals surface area contributed by atoms with E-state index in [1.807, 2.05) is 54.0 Å². The highest BCUT2D eigenvalue weighted by atomic mass is 16.3. The van der Waals surface area contributed by atoms with Crippen LogP contribution in [0.2, 0.25) is 0 Å². The van der Waals surface area contributed by atoms with Crippen LogP contribution >= 0.6 is 0 Å². The van der Waals surface area contributed by atoms with Crippen molar-refractivity contribution in [2.45, 2.75) is 39.3 Å². The first-order valence-corrected chi connectivity index (χ1v) is 10.5. The molecule has 0 aliphatic rings. The zero-order valence-electron chi connectivity index (χ0n) is 17.9. The summed E-state index contributed by atoms with van der Waals surface area (Å²) in [5.41, 5.74) is 4.22. The third-order valence-corrected chi connectivity index (χ3v) is 5.11. The van der Waals surface area contributed by atoms with Gasteiger partial charge in [0.25, 0.3) is 0 Å². The number of aromatic nitrogens is 5. The van der Waals surface area contributed by atoms with Crippen molar-refractivity contribution in [2.75, 3.05) is 17.2 Å². The van der Waals surface area contributed by atoms with Crippen molar-refractivity contribution in [3.63, 3.8) is 0 Å². The third-order valence-electron chi connectivity index (χ3n) is 5.11. The maximum absolute atomic E-state index is 9.59. The van der Waals surface area contributed by atoms with E-state index in [4.69, 9.17) is 0 Å². The Hall–Kier alpha value is -3.52. The Balaban J connectivity index is 1.74. The van der Waals surface area contributed by atoms with Gasteiger partial charge in [-0.15, -0.1) is 0 Å². The van der Waals surface area contributed by atoms with Crippen LogP contribution in [-0.2, 0) is 0 Å². The van der Waals surface area contributed by atoms with Gasteiger partial charge in [-0.3, -0.25) is 4.98 Å². The van der Waals surface area contributed by atoms with Gasteiger partial charge < -0.3 is 20.3 Å². The first-order valence-electron chi connectivity index (χ1n) is 10.5. The summed E-state index contributed by atoms with van der Waals surface area (Å²) in [7, 11) is 0. The molecule has 0 amide bonds. The molecule has 8 nitrogen and oxygen atoms in total. The fourth-order valence-electron chi connectivity index (χ4n) is 3.33. The molecule has 4 rings (SSSR count). The average molecular weight is 418 g/mol. The molecular formula is C23H27N7O. The lowest BCUT2D eigenvalue weighted by Crippen LogP contribution is -2.24. The monoisotopic (exact) mass is 417 g/mol. The lowest BCUT2D eigenvalue weighted by Gasteiger charge is -2.16. The first kappa shape index (κ1) is 20.7. The molecular weight excluding hydrogens is 390 g/mol. The smallest absolute Gasteiger partial charge is 0.227 e. The second-order valence-electron chi connectivity index (χ2n) is 7.67. The summed E-state index contributed by atoms with van der Waals surface area (Å²) >= 11 is 0. The highest BCUT2D eigenvalue weighted by Crippen LogP contribution is 2.28. The number of aliphatic hydroxyl groups excluding tert-OH is 1. The van der Waals surface area contributed by atoms with Gasteiger partial charge in [-0.1, -0.05) is 25.1 Å². The second-order valence-corrected chi connectivity index (χ2v) is 7.67. The Labute approximate surface area is 181 Å². The fourth-order valence-corrected chi connectivity index (χ4v) is 3.33. The molecule has 8 heteroatoms. The minimum Gasteiger partial charge on any atom is -0.394 e. The van der Waals surface area contributed by atoms with Crippen LogP contribution in [0.3, 0.4) is 0 Å². The highest BCUT2D eigenvalue weighted by molar-refractivity contribution is 5.87. The Morgan fingerprint density at radius 1 is 1.06 bits per heavy atom. The first-order chi connectivity index (χ1) is 15.1. The Morgan fingerprint density at radius 2 is 1.94 bits per heavy atom. The quantitative estimate of drug-likeness (QED) is 0.391.